The first-order valence-electron chi connectivity index (χ1n) is 4.70. The van der Waals surface area contributed by atoms with E-state index >= 15 is 0 Å². The fourth-order valence-electron chi connectivity index (χ4n) is 1.18. The van der Waals surface area contributed by atoms with Gasteiger partial charge in [-0.3, -0.25) is 4.84 Å². The van der Waals surface area contributed by atoms with Crippen molar-refractivity contribution in [3.05, 3.63) is 0 Å². The number of aliphatic hydroxyl groups is 2. The number of nitrogens with zero attached hydrogens (tertiary/aromatic N) is 1. The lowest BCUT2D eigenvalue weighted by atomic mass is 9.92. The lowest BCUT2D eigenvalue weighted by molar-refractivity contribution is -0.156. The predicted molar refractivity (Wildman–Crippen MR) is 49.0 cm³/mol. The molecule has 0 spiro atoms. The first kappa shape index (κ1) is 10.9. The number of rotatable bonds is 3. The Hall–Kier alpha value is -0.160. The molecule has 2 N–H and O–H groups in total. The van der Waals surface area contributed by atoms with Crippen LogP contribution in [-0.2, 0) is 4.84 Å². The number of hydroxylamine groups is 2. The van der Waals surface area contributed by atoms with Gasteiger partial charge in [-0.15, -0.1) is 0 Å². The smallest absolute Gasteiger partial charge is 0.0958 e. The highest BCUT2D eigenvalue weighted by Gasteiger charge is 2.31. The Morgan fingerprint density at radius 1 is 1.62 bits per heavy atom. The maximum atomic E-state index is 9.94. The van der Waals surface area contributed by atoms with E-state index in [2.05, 4.69) is 0 Å². The zero-order valence-corrected chi connectivity index (χ0v) is 8.53. The van der Waals surface area contributed by atoms with Gasteiger partial charge >= 0.3 is 0 Å². The van der Waals surface area contributed by atoms with Crippen molar-refractivity contribution in [1.82, 2.24) is 5.06 Å². The van der Waals surface area contributed by atoms with Crippen molar-refractivity contribution < 1.29 is 15.1 Å². The van der Waals surface area contributed by atoms with Crippen molar-refractivity contribution in [2.45, 2.75) is 32.5 Å². The third-order valence-corrected chi connectivity index (χ3v) is 2.60. The van der Waals surface area contributed by atoms with Gasteiger partial charge in [0.25, 0.3) is 0 Å². The highest BCUT2D eigenvalue weighted by atomic mass is 16.7. The summed E-state index contributed by atoms with van der Waals surface area (Å²) in [7, 11) is 0. The van der Waals surface area contributed by atoms with Gasteiger partial charge in [0.2, 0.25) is 0 Å². The molecular weight excluding hydrogens is 170 g/mol. The van der Waals surface area contributed by atoms with E-state index in [1.807, 2.05) is 13.8 Å². The molecule has 0 radical (unpaired) electrons. The summed E-state index contributed by atoms with van der Waals surface area (Å²) in [6.45, 7) is 6.99. The summed E-state index contributed by atoms with van der Waals surface area (Å²) in [5.74, 6) is 0.175. The zero-order chi connectivity index (χ0) is 10.1. The fraction of sp³-hybridized carbons (Fsp3) is 1.00. The molecule has 0 bridgehead atoms. The van der Waals surface area contributed by atoms with E-state index in [0.29, 0.717) is 19.7 Å². The van der Waals surface area contributed by atoms with E-state index in [-0.39, 0.29) is 5.92 Å². The largest absolute Gasteiger partial charge is 0.389 e. The summed E-state index contributed by atoms with van der Waals surface area (Å²) in [5.41, 5.74) is -0.760. The fourth-order valence-corrected chi connectivity index (χ4v) is 1.18. The molecule has 78 valence electrons. The molecule has 1 aliphatic heterocycles. The van der Waals surface area contributed by atoms with Gasteiger partial charge in [-0.05, 0) is 12.8 Å². The first-order valence-corrected chi connectivity index (χ1v) is 4.70. The van der Waals surface area contributed by atoms with Gasteiger partial charge in [0.05, 0.1) is 31.4 Å². The Morgan fingerprint density at radius 2 is 2.23 bits per heavy atom. The second kappa shape index (κ2) is 3.92. The maximum Gasteiger partial charge on any atom is 0.0958 e. The Labute approximate surface area is 79.1 Å². The van der Waals surface area contributed by atoms with Crippen molar-refractivity contribution in [1.29, 1.82) is 0 Å². The molecule has 1 heterocycles. The van der Waals surface area contributed by atoms with Crippen LogP contribution in [0.5, 0.6) is 0 Å². The third-order valence-electron chi connectivity index (χ3n) is 2.60. The topological polar surface area (TPSA) is 52.9 Å². The van der Waals surface area contributed by atoms with Crippen molar-refractivity contribution in [3.63, 3.8) is 0 Å². The molecule has 2 atom stereocenters. The Bertz CT molecular complexity index is 170. The van der Waals surface area contributed by atoms with Crippen LogP contribution in [0.3, 0.4) is 0 Å². The van der Waals surface area contributed by atoms with Gasteiger partial charge in [-0.25, -0.2) is 0 Å². The van der Waals surface area contributed by atoms with Gasteiger partial charge in [-0.2, -0.15) is 5.06 Å². The van der Waals surface area contributed by atoms with Crippen LogP contribution < -0.4 is 0 Å². The van der Waals surface area contributed by atoms with Crippen LogP contribution in [0.25, 0.3) is 0 Å². The summed E-state index contributed by atoms with van der Waals surface area (Å²) in [6, 6.07) is 0. The number of aliphatic hydroxyl groups excluding tert-OH is 1. The first-order chi connectivity index (χ1) is 5.92. The van der Waals surface area contributed by atoms with E-state index in [1.54, 1.807) is 12.0 Å². The monoisotopic (exact) mass is 189 g/mol. The average Bonchev–Trinajstić information content (AvgIpc) is 2.34. The van der Waals surface area contributed by atoms with Gasteiger partial charge in [-0.1, -0.05) is 13.8 Å². The molecule has 4 heteroatoms. The van der Waals surface area contributed by atoms with E-state index < -0.39 is 11.7 Å². The lowest BCUT2D eigenvalue weighted by Gasteiger charge is -2.31. The molecule has 1 fully saturated rings. The Kier molecular flexibility index (Phi) is 3.29. The molecule has 13 heavy (non-hydrogen) atoms. The van der Waals surface area contributed by atoms with Crippen molar-refractivity contribution in [2.75, 3.05) is 19.7 Å². The minimum Gasteiger partial charge on any atom is -0.389 e. The molecule has 1 aliphatic rings. The molecule has 1 unspecified atom stereocenters. The van der Waals surface area contributed by atoms with Crippen LogP contribution in [0.4, 0.5) is 0 Å². The molecular formula is C9H19NO3. The molecule has 0 aromatic heterocycles. The predicted octanol–water partition coefficient (Wildman–Crippen LogP) is 0.00150. The SMILES string of the molecule is CC(C)C(C)(O)CN1C[C@H](O)CO1. The molecule has 0 aliphatic carbocycles. The minimum absolute atomic E-state index is 0.175. The van der Waals surface area contributed by atoms with Gasteiger partial charge < -0.3 is 10.2 Å². The van der Waals surface area contributed by atoms with Gasteiger partial charge in [0.1, 0.15) is 0 Å². The Balaban J connectivity index is 2.40. The highest BCUT2D eigenvalue weighted by Crippen LogP contribution is 2.19. The third kappa shape index (κ3) is 2.91. The number of hydrogen-bond acceptors (Lipinski definition) is 4. The number of hydrogen-bond donors (Lipinski definition) is 2. The van der Waals surface area contributed by atoms with Crippen molar-refractivity contribution in [3.8, 4) is 0 Å². The second-order valence-corrected chi connectivity index (χ2v) is 4.28. The van der Waals surface area contributed by atoms with Crippen LogP contribution >= 0.6 is 0 Å². The summed E-state index contributed by atoms with van der Waals surface area (Å²) in [5, 5.41) is 20.8. The Morgan fingerprint density at radius 3 is 2.62 bits per heavy atom. The minimum atomic E-state index is -0.760. The van der Waals surface area contributed by atoms with E-state index in [1.165, 1.54) is 0 Å². The van der Waals surface area contributed by atoms with Gasteiger partial charge in [0, 0.05) is 0 Å². The molecule has 1 saturated heterocycles. The molecule has 0 saturated carbocycles. The molecule has 1 rings (SSSR count). The highest BCUT2D eigenvalue weighted by molar-refractivity contribution is 4.80. The van der Waals surface area contributed by atoms with Crippen LogP contribution in [0.2, 0.25) is 0 Å². The van der Waals surface area contributed by atoms with Crippen molar-refractivity contribution >= 4 is 0 Å². The molecule has 0 amide bonds. The average molecular weight is 189 g/mol. The normalized spacial score (nSPS) is 29.5. The van der Waals surface area contributed by atoms with Crippen molar-refractivity contribution in [2.24, 2.45) is 5.92 Å². The summed E-state index contributed by atoms with van der Waals surface area (Å²) in [6.07, 6.45) is -0.414. The quantitative estimate of drug-likeness (QED) is 0.656. The second-order valence-electron chi connectivity index (χ2n) is 4.28. The molecule has 0 aromatic carbocycles. The van der Waals surface area contributed by atoms with E-state index in [0.717, 1.165) is 0 Å². The standard InChI is InChI=1S/C9H19NO3/c1-7(2)9(3,12)6-10-4-8(11)5-13-10/h7-8,11-12H,4-6H2,1-3H3/t8-,9?/m0/s1. The lowest BCUT2D eigenvalue weighted by Crippen LogP contribution is -2.43. The van der Waals surface area contributed by atoms with E-state index in [9.17, 15) is 10.2 Å². The molecule has 4 nitrogen and oxygen atoms in total. The van der Waals surface area contributed by atoms with Crippen LogP contribution in [-0.4, -0.2) is 46.7 Å². The zero-order valence-electron chi connectivity index (χ0n) is 8.53. The van der Waals surface area contributed by atoms with Crippen LogP contribution in [0.15, 0.2) is 0 Å². The number of β-amino-alcohol motifs (C(OH)–C–C–N with tert-alkyl or cyclic N) is 2. The van der Waals surface area contributed by atoms with Gasteiger partial charge in [0.15, 0.2) is 0 Å². The summed E-state index contributed by atoms with van der Waals surface area (Å²) < 4.78 is 0. The van der Waals surface area contributed by atoms with Crippen LogP contribution in [0.1, 0.15) is 20.8 Å². The van der Waals surface area contributed by atoms with E-state index in [4.69, 9.17) is 4.84 Å². The summed E-state index contributed by atoms with van der Waals surface area (Å²) >= 11 is 0. The van der Waals surface area contributed by atoms with Crippen LogP contribution in [0, 0.1) is 5.92 Å². The molecule has 0 aromatic rings. The summed E-state index contributed by atoms with van der Waals surface area (Å²) in [4.78, 5) is 5.17. The maximum absolute atomic E-state index is 9.94.